The average molecular weight is 381 g/mol. The van der Waals surface area contributed by atoms with Crippen molar-refractivity contribution in [1.29, 1.82) is 0 Å². The van der Waals surface area contributed by atoms with Crippen molar-refractivity contribution >= 4 is 66.2 Å². The number of thiophene rings is 1. The van der Waals surface area contributed by atoms with Crippen LogP contribution in [0.15, 0.2) is 17.5 Å². The van der Waals surface area contributed by atoms with E-state index in [4.69, 9.17) is 0 Å². The fraction of sp³-hybridized carbons (Fsp3) is 0.100. The van der Waals surface area contributed by atoms with E-state index < -0.39 is 0 Å². The van der Waals surface area contributed by atoms with Crippen LogP contribution in [0.1, 0.15) is 15.9 Å². The molecule has 0 saturated carbocycles. The Kier molecular flexibility index (Phi) is 3.23. The molecule has 0 saturated heterocycles. The van der Waals surface area contributed by atoms with Crippen LogP contribution in [-0.4, -0.2) is 6.29 Å². The first-order chi connectivity index (χ1) is 6.77. The van der Waals surface area contributed by atoms with Crippen LogP contribution in [-0.2, 0) is 5.33 Å². The van der Waals surface area contributed by atoms with Gasteiger partial charge in [-0.25, -0.2) is 0 Å². The number of rotatable bonds is 2. The van der Waals surface area contributed by atoms with Crippen LogP contribution >= 0.6 is 49.9 Å². The largest absolute Gasteiger partial charge is 0.298 e. The molecule has 0 fully saturated rings. The molecule has 2 rings (SSSR count). The SMILES string of the molecule is O=Cc1cc(CBr)c2ccsc2c1I. The van der Waals surface area contributed by atoms with Gasteiger partial charge in [-0.1, -0.05) is 15.9 Å². The van der Waals surface area contributed by atoms with Gasteiger partial charge >= 0.3 is 0 Å². The van der Waals surface area contributed by atoms with Crippen LogP contribution in [0, 0.1) is 3.57 Å². The molecule has 0 spiro atoms. The van der Waals surface area contributed by atoms with E-state index in [0.717, 1.165) is 20.7 Å². The zero-order valence-electron chi connectivity index (χ0n) is 7.09. The van der Waals surface area contributed by atoms with Gasteiger partial charge in [0.05, 0.1) is 0 Å². The average Bonchev–Trinajstić information content (AvgIpc) is 2.68. The standard InChI is InChI=1S/C10H6BrIOS/c11-4-6-3-7(5-13)9(12)10-8(6)1-2-14-10/h1-3,5H,4H2. The van der Waals surface area contributed by atoms with E-state index in [0.29, 0.717) is 0 Å². The first kappa shape index (κ1) is 10.6. The van der Waals surface area contributed by atoms with Gasteiger partial charge in [0.15, 0.2) is 6.29 Å². The van der Waals surface area contributed by atoms with Crippen molar-refractivity contribution in [2.24, 2.45) is 0 Å². The Labute approximate surface area is 108 Å². The normalized spacial score (nSPS) is 10.7. The number of aldehydes is 1. The summed E-state index contributed by atoms with van der Waals surface area (Å²) < 4.78 is 2.27. The monoisotopic (exact) mass is 380 g/mol. The van der Waals surface area contributed by atoms with Crippen LogP contribution < -0.4 is 0 Å². The molecule has 1 aromatic heterocycles. The Morgan fingerprint density at radius 1 is 1.57 bits per heavy atom. The highest BCUT2D eigenvalue weighted by Gasteiger charge is 2.09. The maximum absolute atomic E-state index is 10.8. The van der Waals surface area contributed by atoms with Gasteiger partial charge in [-0.15, -0.1) is 11.3 Å². The molecule has 14 heavy (non-hydrogen) atoms. The second-order valence-corrected chi connectivity index (χ2v) is 5.41. The van der Waals surface area contributed by atoms with Crippen LogP contribution in [0.4, 0.5) is 0 Å². The number of alkyl halides is 1. The predicted molar refractivity (Wildman–Crippen MR) is 72.6 cm³/mol. The lowest BCUT2D eigenvalue weighted by atomic mass is 10.1. The lowest BCUT2D eigenvalue weighted by Gasteiger charge is -2.03. The topological polar surface area (TPSA) is 17.1 Å². The predicted octanol–water partition coefficient (Wildman–Crippen LogP) is 4.21. The molecule has 0 radical (unpaired) electrons. The van der Waals surface area contributed by atoms with E-state index in [1.807, 2.05) is 6.07 Å². The summed E-state index contributed by atoms with van der Waals surface area (Å²) in [5, 5.41) is 4.10. The number of halogens is 2. The number of benzene rings is 1. The van der Waals surface area contributed by atoms with Gasteiger partial charge in [-0.05, 0) is 51.1 Å². The van der Waals surface area contributed by atoms with Crippen LogP contribution in [0.2, 0.25) is 0 Å². The minimum atomic E-state index is 0.787. The fourth-order valence-electron chi connectivity index (χ4n) is 1.39. The molecule has 0 N–H and O–H groups in total. The van der Waals surface area contributed by atoms with E-state index in [2.05, 4.69) is 50.0 Å². The van der Waals surface area contributed by atoms with E-state index in [9.17, 15) is 4.79 Å². The van der Waals surface area contributed by atoms with Gasteiger partial charge in [-0.3, -0.25) is 4.79 Å². The van der Waals surface area contributed by atoms with Crippen LogP contribution in [0.25, 0.3) is 10.1 Å². The number of hydrogen-bond acceptors (Lipinski definition) is 2. The van der Waals surface area contributed by atoms with Crippen molar-refractivity contribution in [2.75, 3.05) is 0 Å². The minimum absolute atomic E-state index is 0.787. The van der Waals surface area contributed by atoms with Crippen molar-refractivity contribution in [3.63, 3.8) is 0 Å². The maximum Gasteiger partial charge on any atom is 0.151 e. The van der Waals surface area contributed by atoms with E-state index in [1.165, 1.54) is 15.6 Å². The Morgan fingerprint density at radius 2 is 2.36 bits per heavy atom. The quantitative estimate of drug-likeness (QED) is 0.433. The number of carbonyl (C=O) groups is 1. The third-order valence-electron chi connectivity index (χ3n) is 2.06. The van der Waals surface area contributed by atoms with Crippen molar-refractivity contribution in [2.45, 2.75) is 5.33 Å². The molecule has 0 amide bonds. The van der Waals surface area contributed by atoms with Gasteiger partial charge in [0.25, 0.3) is 0 Å². The van der Waals surface area contributed by atoms with Gasteiger partial charge in [0.1, 0.15) is 0 Å². The van der Waals surface area contributed by atoms with Crippen molar-refractivity contribution < 1.29 is 4.79 Å². The lowest BCUT2D eigenvalue weighted by Crippen LogP contribution is -1.89. The molecule has 72 valence electrons. The molecule has 0 aliphatic heterocycles. The molecular weight excluding hydrogens is 375 g/mol. The zero-order valence-corrected chi connectivity index (χ0v) is 11.6. The van der Waals surface area contributed by atoms with Gasteiger partial charge in [-0.2, -0.15) is 0 Å². The summed E-state index contributed by atoms with van der Waals surface area (Å²) in [5.74, 6) is 0. The minimum Gasteiger partial charge on any atom is -0.298 e. The molecule has 0 aliphatic rings. The van der Waals surface area contributed by atoms with Gasteiger partial charge in [0.2, 0.25) is 0 Å². The Hall–Kier alpha value is 0.0600. The van der Waals surface area contributed by atoms with Crippen molar-refractivity contribution in [3.05, 3.63) is 32.2 Å². The first-order valence-electron chi connectivity index (χ1n) is 3.97. The third-order valence-corrected chi connectivity index (χ3v) is 5.13. The van der Waals surface area contributed by atoms with E-state index in [-0.39, 0.29) is 0 Å². The smallest absolute Gasteiger partial charge is 0.151 e. The molecule has 4 heteroatoms. The summed E-state index contributed by atoms with van der Waals surface area (Å²) in [4.78, 5) is 10.8. The third kappa shape index (κ3) is 1.63. The summed E-state index contributed by atoms with van der Waals surface area (Å²) in [6.45, 7) is 0. The molecule has 0 atom stereocenters. The second kappa shape index (κ2) is 4.28. The van der Waals surface area contributed by atoms with E-state index in [1.54, 1.807) is 11.3 Å². The highest BCUT2D eigenvalue weighted by Crippen LogP contribution is 2.32. The fourth-order valence-corrected chi connectivity index (χ4v) is 3.69. The van der Waals surface area contributed by atoms with Crippen LogP contribution in [0.3, 0.4) is 0 Å². The summed E-state index contributed by atoms with van der Waals surface area (Å²) in [7, 11) is 0. The first-order valence-corrected chi connectivity index (χ1v) is 7.05. The molecule has 1 nitrogen and oxygen atoms in total. The van der Waals surface area contributed by atoms with Gasteiger partial charge in [0, 0.05) is 19.2 Å². The number of carbonyl (C=O) groups excluding carboxylic acids is 1. The Morgan fingerprint density at radius 3 is 3.00 bits per heavy atom. The number of fused-ring (bicyclic) bond motifs is 1. The van der Waals surface area contributed by atoms with E-state index >= 15 is 0 Å². The highest BCUT2D eigenvalue weighted by atomic mass is 127. The molecule has 0 aliphatic carbocycles. The molecule has 0 unspecified atom stereocenters. The maximum atomic E-state index is 10.8. The summed E-state index contributed by atoms with van der Waals surface area (Å²) in [6, 6.07) is 4.06. The molecule has 2 aromatic rings. The number of hydrogen-bond donors (Lipinski definition) is 0. The Bertz CT molecular complexity index is 492. The molecule has 0 bridgehead atoms. The zero-order chi connectivity index (χ0) is 10.1. The van der Waals surface area contributed by atoms with Crippen LogP contribution in [0.5, 0.6) is 0 Å². The summed E-state index contributed by atoms with van der Waals surface area (Å²) in [6.07, 6.45) is 0.924. The Balaban J connectivity index is 2.86. The van der Waals surface area contributed by atoms with Crippen molar-refractivity contribution in [1.82, 2.24) is 0 Å². The molecule has 1 aromatic carbocycles. The summed E-state index contributed by atoms with van der Waals surface area (Å²) in [5.41, 5.74) is 1.97. The summed E-state index contributed by atoms with van der Waals surface area (Å²) >= 11 is 7.36. The van der Waals surface area contributed by atoms with Crippen molar-refractivity contribution in [3.8, 4) is 0 Å². The molecular formula is C10H6BrIOS. The van der Waals surface area contributed by atoms with Gasteiger partial charge < -0.3 is 0 Å². The molecule has 1 heterocycles. The lowest BCUT2D eigenvalue weighted by molar-refractivity contribution is 0.112. The highest BCUT2D eigenvalue weighted by molar-refractivity contribution is 14.1. The second-order valence-electron chi connectivity index (χ2n) is 2.85.